The number of hydrogen-bond acceptors (Lipinski definition) is 2. The Morgan fingerprint density at radius 1 is 1.55 bits per heavy atom. The largest absolute Gasteiger partial charge is 0.377 e. The van der Waals surface area contributed by atoms with Gasteiger partial charge in [0.25, 0.3) is 0 Å². The third kappa shape index (κ3) is 1.82. The van der Waals surface area contributed by atoms with Gasteiger partial charge in [0.1, 0.15) is 0 Å². The van der Waals surface area contributed by atoms with Gasteiger partial charge in [0, 0.05) is 31.8 Å². The van der Waals surface area contributed by atoms with Crippen LogP contribution in [0.5, 0.6) is 0 Å². The first-order valence-corrected chi connectivity index (χ1v) is 4.07. The number of rotatable bonds is 1. The second-order valence-corrected chi connectivity index (χ2v) is 3.36. The molecule has 0 fully saturated rings. The van der Waals surface area contributed by atoms with Crippen molar-refractivity contribution in [3.63, 3.8) is 0 Å². The maximum Gasteiger partial charge on any atom is 0.159 e. The van der Waals surface area contributed by atoms with Gasteiger partial charge in [-0.3, -0.25) is 4.79 Å². The van der Waals surface area contributed by atoms with Gasteiger partial charge in [0.2, 0.25) is 0 Å². The molecule has 2 nitrogen and oxygen atoms in total. The van der Waals surface area contributed by atoms with E-state index in [9.17, 15) is 4.79 Å². The van der Waals surface area contributed by atoms with Gasteiger partial charge >= 0.3 is 0 Å². The topological polar surface area (TPSA) is 20.3 Å². The van der Waals surface area contributed by atoms with E-state index in [1.54, 1.807) is 6.08 Å². The molecular formula is C9H15NO. The van der Waals surface area contributed by atoms with Crippen LogP contribution in [0.4, 0.5) is 0 Å². The van der Waals surface area contributed by atoms with Gasteiger partial charge in [0.15, 0.2) is 5.78 Å². The Morgan fingerprint density at radius 2 is 2.18 bits per heavy atom. The molecule has 0 spiro atoms. The van der Waals surface area contributed by atoms with Crippen LogP contribution in [0.2, 0.25) is 0 Å². The van der Waals surface area contributed by atoms with E-state index in [0.29, 0.717) is 12.3 Å². The summed E-state index contributed by atoms with van der Waals surface area (Å²) in [6, 6.07) is 0. The number of carbonyl (C=O) groups is 1. The Labute approximate surface area is 67.9 Å². The van der Waals surface area contributed by atoms with E-state index in [0.717, 1.165) is 6.54 Å². The summed E-state index contributed by atoms with van der Waals surface area (Å²) in [5, 5.41) is 0. The van der Waals surface area contributed by atoms with E-state index in [2.05, 4.69) is 18.7 Å². The lowest BCUT2D eigenvalue weighted by atomic mass is 10.0. The zero-order valence-electron chi connectivity index (χ0n) is 7.42. The summed E-state index contributed by atoms with van der Waals surface area (Å²) in [6.07, 6.45) is 2.45. The first-order chi connectivity index (χ1) is 5.11. The van der Waals surface area contributed by atoms with Crippen LogP contribution >= 0.6 is 0 Å². The van der Waals surface area contributed by atoms with Crippen molar-refractivity contribution in [2.75, 3.05) is 13.6 Å². The van der Waals surface area contributed by atoms with Crippen molar-refractivity contribution in [1.82, 2.24) is 4.90 Å². The number of hydrogen-bond donors (Lipinski definition) is 0. The molecule has 1 heterocycles. The fourth-order valence-electron chi connectivity index (χ4n) is 1.36. The lowest BCUT2D eigenvalue weighted by Gasteiger charge is -2.28. The van der Waals surface area contributed by atoms with Gasteiger partial charge in [-0.15, -0.1) is 0 Å². The van der Waals surface area contributed by atoms with Crippen LogP contribution in [-0.2, 0) is 4.79 Å². The van der Waals surface area contributed by atoms with Gasteiger partial charge in [-0.25, -0.2) is 0 Å². The fourth-order valence-corrected chi connectivity index (χ4v) is 1.36. The fraction of sp³-hybridized carbons (Fsp3) is 0.667. The van der Waals surface area contributed by atoms with Crippen LogP contribution in [0.25, 0.3) is 0 Å². The Kier molecular flexibility index (Phi) is 2.32. The minimum absolute atomic E-state index is 0.270. The first-order valence-electron chi connectivity index (χ1n) is 4.07. The first kappa shape index (κ1) is 8.31. The molecule has 0 aromatic heterocycles. The lowest BCUT2D eigenvalue weighted by Crippen LogP contribution is -2.28. The van der Waals surface area contributed by atoms with Crippen LogP contribution in [-0.4, -0.2) is 24.3 Å². The summed E-state index contributed by atoms with van der Waals surface area (Å²) < 4.78 is 0. The van der Waals surface area contributed by atoms with Crippen molar-refractivity contribution >= 4 is 5.78 Å². The second kappa shape index (κ2) is 3.07. The standard InChI is InChI=1S/C9H15NO/c1-7(2)9-6-8(11)4-5-10(9)3/h6-7H,4-5H2,1-3H3. The monoisotopic (exact) mass is 153 g/mol. The van der Waals surface area contributed by atoms with E-state index in [4.69, 9.17) is 0 Å². The summed E-state index contributed by atoms with van der Waals surface area (Å²) in [5.74, 6) is 0.732. The maximum absolute atomic E-state index is 11.0. The maximum atomic E-state index is 11.0. The quantitative estimate of drug-likeness (QED) is 0.568. The van der Waals surface area contributed by atoms with Crippen LogP contribution in [0.15, 0.2) is 11.8 Å². The van der Waals surface area contributed by atoms with Crippen LogP contribution < -0.4 is 0 Å². The molecule has 0 aliphatic carbocycles. The van der Waals surface area contributed by atoms with Gasteiger partial charge < -0.3 is 4.90 Å². The molecule has 1 aliphatic heterocycles. The molecule has 11 heavy (non-hydrogen) atoms. The smallest absolute Gasteiger partial charge is 0.159 e. The van der Waals surface area contributed by atoms with Gasteiger partial charge in [-0.1, -0.05) is 13.8 Å². The van der Waals surface area contributed by atoms with E-state index < -0.39 is 0 Å². The summed E-state index contributed by atoms with van der Waals surface area (Å²) in [5.41, 5.74) is 1.17. The summed E-state index contributed by atoms with van der Waals surface area (Å²) in [4.78, 5) is 13.2. The molecule has 0 radical (unpaired) electrons. The number of ketones is 1. The van der Waals surface area contributed by atoms with Gasteiger partial charge in [-0.05, 0) is 5.92 Å². The molecule has 0 saturated heterocycles. The van der Waals surface area contributed by atoms with Crippen molar-refractivity contribution < 1.29 is 4.79 Å². The van der Waals surface area contributed by atoms with Crippen molar-refractivity contribution in [2.45, 2.75) is 20.3 Å². The predicted molar refractivity (Wildman–Crippen MR) is 45.2 cm³/mol. The minimum Gasteiger partial charge on any atom is -0.377 e. The predicted octanol–water partition coefficient (Wildman–Crippen LogP) is 1.43. The molecular weight excluding hydrogens is 138 g/mol. The van der Waals surface area contributed by atoms with Crippen molar-refractivity contribution in [3.05, 3.63) is 11.8 Å². The molecule has 0 N–H and O–H groups in total. The third-order valence-electron chi connectivity index (χ3n) is 2.03. The Hall–Kier alpha value is -0.790. The number of carbonyl (C=O) groups excluding carboxylic acids is 1. The van der Waals surface area contributed by atoms with E-state index in [1.165, 1.54) is 5.70 Å². The molecule has 0 unspecified atom stereocenters. The Bertz CT molecular complexity index is 194. The molecule has 0 aromatic carbocycles. The van der Waals surface area contributed by atoms with Crippen LogP contribution in [0.3, 0.4) is 0 Å². The molecule has 2 heteroatoms. The normalized spacial score (nSPS) is 19.1. The molecule has 62 valence electrons. The van der Waals surface area contributed by atoms with E-state index >= 15 is 0 Å². The minimum atomic E-state index is 0.270. The highest BCUT2D eigenvalue weighted by molar-refractivity contribution is 5.91. The second-order valence-electron chi connectivity index (χ2n) is 3.36. The number of nitrogens with zero attached hydrogens (tertiary/aromatic N) is 1. The summed E-state index contributed by atoms with van der Waals surface area (Å²) in [6.45, 7) is 5.10. The van der Waals surface area contributed by atoms with Crippen molar-refractivity contribution in [1.29, 1.82) is 0 Å². The van der Waals surface area contributed by atoms with Gasteiger partial charge in [0.05, 0.1) is 0 Å². The molecule has 0 bridgehead atoms. The zero-order valence-corrected chi connectivity index (χ0v) is 7.42. The Morgan fingerprint density at radius 3 is 2.64 bits per heavy atom. The molecule has 1 rings (SSSR count). The molecule has 0 aromatic rings. The number of allylic oxidation sites excluding steroid dienone is 2. The van der Waals surface area contributed by atoms with Crippen molar-refractivity contribution in [2.24, 2.45) is 5.92 Å². The molecule has 0 atom stereocenters. The average Bonchev–Trinajstić information content (AvgIpc) is 1.94. The SMILES string of the molecule is CC(C)C1=CC(=O)CCN1C. The Balaban J connectivity index is 2.79. The highest BCUT2D eigenvalue weighted by Gasteiger charge is 2.16. The van der Waals surface area contributed by atoms with Gasteiger partial charge in [-0.2, -0.15) is 0 Å². The highest BCUT2D eigenvalue weighted by Crippen LogP contribution is 2.17. The van der Waals surface area contributed by atoms with Crippen LogP contribution in [0, 0.1) is 5.92 Å². The molecule has 1 aliphatic rings. The molecule has 0 saturated carbocycles. The lowest BCUT2D eigenvalue weighted by molar-refractivity contribution is -0.115. The van der Waals surface area contributed by atoms with E-state index in [-0.39, 0.29) is 5.78 Å². The van der Waals surface area contributed by atoms with Crippen LogP contribution in [0.1, 0.15) is 20.3 Å². The third-order valence-corrected chi connectivity index (χ3v) is 2.03. The summed E-state index contributed by atoms with van der Waals surface area (Å²) in [7, 11) is 2.04. The average molecular weight is 153 g/mol. The summed E-state index contributed by atoms with van der Waals surface area (Å²) >= 11 is 0. The van der Waals surface area contributed by atoms with Crippen molar-refractivity contribution in [3.8, 4) is 0 Å². The zero-order chi connectivity index (χ0) is 8.43. The van der Waals surface area contributed by atoms with E-state index in [1.807, 2.05) is 7.05 Å². The molecule has 0 amide bonds. The highest BCUT2D eigenvalue weighted by atomic mass is 16.1.